The molecule has 1 amide bonds. The quantitative estimate of drug-likeness (QED) is 0.759. The summed E-state index contributed by atoms with van der Waals surface area (Å²) >= 11 is 0. The van der Waals surface area contributed by atoms with Crippen LogP contribution < -0.4 is 15.8 Å². The minimum Gasteiger partial charge on any atom is -0.496 e. The number of amides is 1. The summed E-state index contributed by atoms with van der Waals surface area (Å²) < 4.78 is 5.51. The maximum absolute atomic E-state index is 12.8. The number of methoxy groups -OCH3 is 1. The number of nitrogens with two attached hydrogens (primary N) is 1. The fraction of sp³-hybridized carbons (Fsp3) is 0.565. The zero-order chi connectivity index (χ0) is 20.5. The monoisotopic (exact) mass is 382 g/mol. The molecule has 3 atom stereocenters. The van der Waals surface area contributed by atoms with Crippen molar-refractivity contribution in [3.05, 3.63) is 34.5 Å². The van der Waals surface area contributed by atoms with Crippen molar-refractivity contribution in [1.82, 2.24) is 5.32 Å². The van der Waals surface area contributed by atoms with E-state index in [4.69, 9.17) is 10.5 Å². The summed E-state index contributed by atoms with van der Waals surface area (Å²) in [5.41, 5.74) is 10.9. The van der Waals surface area contributed by atoms with Crippen LogP contribution in [0.2, 0.25) is 0 Å². The molecule has 0 saturated heterocycles. The van der Waals surface area contributed by atoms with Gasteiger partial charge in [-0.05, 0) is 98.9 Å². The molecular weight excluding hydrogens is 352 g/mol. The third-order valence-corrected chi connectivity index (χ3v) is 7.90. The molecule has 28 heavy (non-hydrogen) atoms. The summed E-state index contributed by atoms with van der Waals surface area (Å²) in [6.45, 7) is 8.37. The maximum Gasteiger partial charge on any atom is 0.226 e. The van der Waals surface area contributed by atoms with Gasteiger partial charge in [0.2, 0.25) is 5.91 Å². The highest BCUT2D eigenvalue weighted by molar-refractivity contribution is 6.01. The van der Waals surface area contributed by atoms with Gasteiger partial charge in [0.05, 0.1) is 12.5 Å². The van der Waals surface area contributed by atoms with Crippen molar-refractivity contribution in [2.75, 3.05) is 13.7 Å². The van der Waals surface area contributed by atoms with Gasteiger partial charge in [-0.15, -0.1) is 0 Å². The number of carbonyl (C=O) groups excluding carboxylic acids is 2. The molecule has 3 fully saturated rings. The van der Waals surface area contributed by atoms with Crippen molar-refractivity contribution in [1.29, 1.82) is 0 Å². The van der Waals surface area contributed by atoms with E-state index in [1.165, 1.54) is 5.56 Å². The number of benzene rings is 1. The minimum absolute atomic E-state index is 0.0204. The van der Waals surface area contributed by atoms with Crippen molar-refractivity contribution in [3.63, 3.8) is 0 Å². The summed E-state index contributed by atoms with van der Waals surface area (Å²) in [6, 6.07) is 2.05. The van der Waals surface area contributed by atoms with Crippen molar-refractivity contribution >= 4 is 17.3 Å². The van der Waals surface area contributed by atoms with Gasteiger partial charge >= 0.3 is 0 Å². The first-order valence-corrected chi connectivity index (χ1v) is 10.0. The molecule has 3 N–H and O–H groups in total. The van der Waals surface area contributed by atoms with Crippen LogP contribution in [0.1, 0.15) is 55.4 Å². The Bertz CT molecular complexity index is 934. The Kier molecular flexibility index (Phi) is 3.98. The standard InChI is InChI=1S/C23H30N2O3/c1-13-8-18(28-5)15(3)19(14(2)9-24)17(13)6-7-25-20(27)22-10-21(16(4)26)11-23(21,22)12-22/h8-9H,6-7,10-12,24H2,1-5H3,(H,25,27)/b14-9-. The SMILES string of the molecule is COc1cc(C)c(CCNC(=O)C23CC4(C(C)=O)CC42C3)c(/C(C)=C\N)c1C. The smallest absolute Gasteiger partial charge is 0.226 e. The van der Waals surface area contributed by atoms with Crippen LogP contribution in [-0.4, -0.2) is 25.3 Å². The van der Waals surface area contributed by atoms with E-state index in [0.29, 0.717) is 6.54 Å². The fourth-order valence-corrected chi connectivity index (χ4v) is 6.20. The van der Waals surface area contributed by atoms with Crippen molar-refractivity contribution in [2.24, 2.45) is 22.0 Å². The lowest BCUT2D eigenvalue weighted by atomic mass is 9.72. The molecule has 0 aromatic heterocycles. The maximum atomic E-state index is 12.8. The molecule has 1 aromatic rings. The van der Waals surface area contributed by atoms with E-state index in [0.717, 1.165) is 53.7 Å². The second-order valence-corrected chi connectivity index (χ2v) is 9.06. The van der Waals surface area contributed by atoms with Gasteiger partial charge in [-0.1, -0.05) is 0 Å². The summed E-state index contributed by atoms with van der Waals surface area (Å²) in [7, 11) is 1.68. The van der Waals surface area contributed by atoms with E-state index in [1.54, 1.807) is 20.2 Å². The van der Waals surface area contributed by atoms with E-state index in [-0.39, 0.29) is 27.9 Å². The Morgan fingerprint density at radius 3 is 2.43 bits per heavy atom. The average molecular weight is 383 g/mol. The summed E-state index contributed by atoms with van der Waals surface area (Å²) in [5.74, 6) is 1.26. The molecule has 3 aliphatic carbocycles. The van der Waals surface area contributed by atoms with Gasteiger partial charge in [0.15, 0.2) is 0 Å². The van der Waals surface area contributed by atoms with Crippen LogP contribution in [0.15, 0.2) is 12.3 Å². The fourth-order valence-electron chi connectivity index (χ4n) is 6.20. The van der Waals surface area contributed by atoms with Crippen molar-refractivity contribution < 1.29 is 14.3 Å². The number of aryl methyl sites for hydroxylation is 1. The normalized spacial score (nSPS) is 32.0. The average Bonchev–Trinajstić information content (AvgIpc) is 3.44. The molecule has 1 spiro atoms. The molecule has 0 aliphatic heterocycles. The molecule has 0 heterocycles. The van der Waals surface area contributed by atoms with Crippen LogP contribution in [0.4, 0.5) is 0 Å². The first-order valence-electron chi connectivity index (χ1n) is 10.0. The summed E-state index contributed by atoms with van der Waals surface area (Å²) in [4.78, 5) is 24.7. The number of hydrogen-bond acceptors (Lipinski definition) is 4. The van der Waals surface area contributed by atoms with Gasteiger partial charge in [-0.25, -0.2) is 0 Å². The molecule has 3 aliphatic rings. The van der Waals surface area contributed by atoms with Gasteiger partial charge in [-0.3, -0.25) is 9.59 Å². The Labute approximate surface area is 166 Å². The van der Waals surface area contributed by atoms with Crippen LogP contribution in [-0.2, 0) is 16.0 Å². The molecule has 3 unspecified atom stereocenters. The Morgan fingerprint density at radius 2 is 1.89 bits per heavy atom. The molecule has 3 saturated carbocycles. The predicted molar refractivity (Wildman–Crippen MR) is 109 cm³/mol. The summed E-state index contributed by atoms with van der Waals surface area (Å²) in [6.07, 6.45) is 4.93. The minimum atomic E-state index is -0.251. The second-order valence-electron chi connectivity index (χ2n) is 9.06. The number of allylic oxidation sites excluding steroid dienone is 1. The number of carbonyl (C=O) groups is 2. The Morgan fingerprint density at radius 1 is 1.21 bits per heavy atom. The topological polar surface area (TPSA) is 81.4 Å². The highest BCUT2D eigenvalue weighted by Gasteiger charge is 3.00. The molecule has 1 aromatic carbocycles. The third-order valence-electron chi connectivity index (χ3n) is 7.90. The number of ketones is 1. The van der Waals surface area contributed by atoms with Gasteiger partial charge in [0.25, 0.3) is 0 Å². The Balaban J connectivity index is 1.46. The lowest BCUT2D eigenvalue weighted by Gasteiger charge is -2.31. The largest absolute Gasteiger partial charge is 0.496 e. The predicted octanol–water partition coefficient (Wildman–Crippen LogP) is 3.05. The molecule has 4 rings (SSSR count). The van der Waals surface area contributed by atoms with Gasteiger partial charge in [0.1, 0.15) is 11.5 Å². The van der Waals surface area contributed by atoms with Gasteiger partial charge in [0, 0.05) is 12.0 Å². The van der Waals surface area contributed by atoms with Crippen molar-refractivity contribution in [3.8, 4) is 5.75 Å². The molecule has 0 radical (unpaired) electrons. The number of ether oxygens (including phenoxy) is 1. The number of Topliss-reactive ketones (excluding diaryl/α,β-unsaturated/α-hetero) is 1. The van der Waals surface area contributed by atoms with Crippen LogP contribution in [0, 0.1) is 30.1 Å². The third kappa shape index (κ3) is 2.13. The lowest BCUT2D eigenvalue weighted by Crippen LogP contribution is -2.43. The van der Waals surface area contributed by atoms with Crippen LogP contribution in [0.25, 0.3) is 5.57 Å². The van der Waals surface area contributed by atoms with E-state index in [1.807, 2.05) is 19.9 Å². The van der Waals surface area contributed by atoms with Crippen LogP contribution in [0.3, 0.4) is 0 Å². The zero-order valence-corrected chi connectivity index (χ0v) is 17.5. The molecule has 150 valence electrons. The van der Waals surface area contributed by atoms with E-state index < -0.39 is 0 Å². The van der Waals surface area contributed by atoms with Crippen molar-refractivity contribution in [2.45, 2.75) is 53.4 Å². The van der Waals surface area contributed by atoms with E-state index in [2.05, 4.69) is 12.2 Å². The molecular formula is C23H30N2O3. The summed E-state index contributed by atoms with van der Waals surface area (Å²) in [5, 5.41) is 3.15. The van der Waals surface area contributed by atoms with Crippen LogP contribution in [0.5, 0.6) is 5.75 Å². The number of nitrogens with one attached hydrogen (secondary N) is 1. The first kappa shape index (κ1) is 19.0. The first-order chi connectivity index (χ1) is 13.2. The molecule has 5 heteroatoms. The lowest BCUT2D eigenvalue weighted by molar-refractivity contribution is -0.135. The number of rotatable bonds is 7. The van der Waals surface area contributed by atoms with Gasteiger partial charge < -0.3 is 15.8 Å². The van der Waals surface area contributed by atoms with E-state index >= 15 is 0 Å². The van der Waals surface area contributed by atoms with Crippen LogP contribution >= 0.6 is 0 Å². The molecule has 5 nitrogen and oxygen atoms in total. The zero-order valence-electron chi connectivity index (χ0n) is 17.5. The number of hydrogen-bond donors (Lipinski definition) is 2. The molecule has 0 bridgehead atoms. The highest BCUT2D eigenvalue weighted by Crippen LogP contribution is 3.00. The second kappa shape index (κ2) is 5.85. The van der Waals surface area contributed by atoms with E-state index in [9.17, 15) is 9.59 Å². The highest BCUT2D eigenvalue weighted by atomic mass is 16.5. The Hall–Kier alpha value is -2.30. The van der Waals surface area contributed by atoms with Gasteiger partial charge in [-0.2, -0.15) is 0 Å².